The molecule has 0 saturated carbocycles. The maximum atomic E-state index is 11.3. The quantitative estimate of drug-likeness (QED) is 0.479. The van der Waals surface area contributed by atoms with Crippen molar-refractivity contribution in [1.82, 2.24) is 4.90 Å². The maximum absolute atomic E-state index is 11.3. The van der Waals surface area contributed by atoms with Crippen LogP contribution >= 0.6 is 11.6 Å². The summed E-state index contributed by atoms with van der Waals surface area (Å²) >= 11 is 5.68. The highest BCUT2D eigenvalue weighted by Crippen LogP contribution is 2.17. The summed E-state index contributed by atoms with van der Waals surface area (Å²) in [5.74, 6) is 0.839. The number of pyridine rings is 1. The molecule has 1 aromatic heterocycles. The normalized spacial score (nSPS) is 20.1. The smallest absolute Gasteiger partial charge is 0.286 e. The Hall–Kier alpha value is -0.840. The first-order valence-corrected chi connectivity index (χ1v) is 8.20. The van der Waals surface area contributed by atoms with Gasteiger partial charge in [-0.05, 0) is 62.4 Å². The zero-order chi connectivity index (χ0) is 15.1. The molecular formula is C16H25ClN2O2. The van der Waals surface area contributed by atoms with Crippen LogP contribution in [0.4, 0.5) is 0 Å². The lowest BCUT2D eigenvalue weighted by Gasteiger charge is -2.29. The third-order valence-electron chi connectivity index (χ3n) is 4.04. The highest BCUT2D eigenvalue weighted by atomic mass is 35.5. The molecule has 21 heavy (non-hydrogen) atoms. The van der Waals surface area contributed by atoms with Crippen LogP contribution in [-0.4, -0.2) is 31.2 Å². The van der Waals surface area contributed by atoms with Gasteiger partial charge >= 0.3 is 0 Å². The standard InChI is InChI=1S/C12H17ClN2O.C4H8O/c1-10-4-6-14(7-5-10)8-11-2-3-12(13)15(16)9-11;1-2-4-5-3-1/h2-3,9-10H,4-8H2,1H3;1-4H2. The van der Waals surface area contributed by atoms with Crippen molar-refractivity contribution in [2.24, 2.45) is 5.92 Å². The van der Waals surface area contributed by atoms with Gasteiger partial charge in [0.1, 0.15) is 0 Å². The molecule has 0 radical (unpaired) electrons. The van der Waals surface area contributed by atoms with Crippen molar-refractivity contribution in [3.63, 3.8) is 0 Å². The second kappa shape index (κ2) is 8.57. The first-order chi connectivity index (χ1) is 10.1. The van der Waals surface area contributed by atoms with E-state index in [4.69, 9.17) is 16.3 Å². The number of ether oxygens (including phenoxy) is 1. The lowest BCUT2D eigenvalue weighted by Crippen LogP contribution is -2.34. The molecule has 0 atom stereocenters. The van der Waals surface area contributed by atoms with Gasteiger partial charge in [0.05, 0.1) is 0 Å². The lowest BCUT2D eigenvalue weighted by molar-refractivity contribution is -0.603. The molecule has 3 heterocycles. The number of aromatic nitrogens is 1. The second-order valence-electron chi connectivity index (χ2n) is 5.96. The molecule has 2 fully saturated rings. The molecule has 0 aromatic carbocycles. The second-order valence-corrected chi connectivity index (χ2v) is 6.35. The largest absolute Gasteiger partial charge is 0.618 e. The van der Waals surface area contributed by atoms with Gasteiger partial charge in [-0.3, -0.25) is 4.90 Å². The Morgan fingerprint density at radius 1 is 1.29 bits per heavy atom. The number of halogens is 1. The van der Waals surface area contributed by atoms with Crippen molar-refractivity contribution in [2.75, 3.05) is 26.3 Å². The van der Waals surface area contributed by atoms with E-state index in [1.54, 1.807) is 12.3 Å². The molecular weight excluding hydrogens is 288 g/mol. The van der Waals surface area contributed by atoms with E-state index in [0.717, 1.165) is 49.1 Å². The van der Waals surface area contributed by atoms with E-state index in [2.05, 4.69) is 11.8 Å². The van der Waals surface area contributed by atoms with Gasteiger partial charge in [-0.25, -0.2) is 0 Å². The van der Waals surface area contributed by atoms with Gasteiger partial charge in [0.15, 0.2) is 6.20 Å². The van der Waals surface area contributed by atoms with Crippen LogP contribution in [0, 0.1) is 11.1 Å². The number of piperidine rings is 1. The molecule has 118 valence electrons. The fourth-order valence-electron chi connectivity index (χ4n) is 2.59. The first-order valence-electron chi connectivity index (χ1n) is 7.83. The highest BCUT2D eigenvalue weighted by Gasteiger charge is 2.16. The van der Waals surface area contributed by atoms with Crippen molar-refractivity contribution < 1.29 is 9.47 Å². The van der Waals surface area contributed by atoms with Crippen molar-refractivity contribution >= 4 is 11.6 Å². The lowest BCUT2D eigenvalue weighted by atomic mass is 9.99. The molecule has 2 saturated heterocycles. The topological polar surface area (TPSA) is 39.4 Å². The van der Waals surface area contributed by atoms with E-state index in [-0.39, 0.29) is 5.15 Å². The molecule has 4 nitrogen and oxygen atoms in total. The number of hydrogen-bond donors (Lipinski definition) is 0. The van der Waals surface area contributed by atoms with Crippen LogP contribution in [0.3, 0.4) is 0 Å². The van der Waals surface area contributed by atoms with Crippen LogP contribution in [0.15, 0.2) is 18.3 Å². The van der Waals surface area contributed by atoms with Crippen LogP contribution < -0.4 is 4.73 Å². The summed E-state index contributed by atoms with van der Waals surface area (Å²) in [6, 6.07) is 3.59. The summed E-state index contributed by atoms with van der Waals surface area (Å²) in [4.78, 5) is 2.39. The van der Waals surface area contributed by atoms with Crippen LogP contribution in [0.5, 0.6) is 0 Å². The van der Waals surface area contributed by atoms with Gasteiger partial charge in [-0.2, -0.15) is 4.73 Å². The Morgan fingerprint density at radius 3 is 2.48 bits per heavy atom. The van der Waals surface area contributed by atoms with E-state index < -0.39 is 0 Å². The predicted octanol–water partition coefficient (Wildman–Crippen LogP) is 3.00. The Bertz CT molecular complexity index is 423. The van der Waals surface area contributed by atoms with Gasteiger partial charge in [0, 0.05) is 31.4 Å². The Balaban J connectivity index is 0.000000272. The van der Waals surface area contributed by atoms with Crippen LogP contribution in [0.1, 0.15) is 38.2 Å². The van der Waals surface area contributed by atoms with Crippen molar-refractivity contribution in [3.8, 4) is 0 Å². The SMILES string of the molecule is C1CCOC1.CC1CCN(Cc2ccc(Cl)[n+]([O-])c2)CC1. The molecule has 3 rings (SSSR count). The van der Waals surface area contributed by atoms with E-state index in [1.807, 2.05) is 6.07 Å². The molecule has 0 spiro atoms. The number of rotatable bonds is 2. The molecule has 2 aliphatic rings. The molecule has 5 heteroatoms. The summed E-state index contributed by atoms with van der Waals surface area (Å²) in [5.41, 5.74) is 1.04. The van der Waals surface area contributed by atoms with Crippen LogP contribution in [0.2, 0.25) is 5.15 Å². The van der Waals surface area contributed by atoms with Gasteiger partial charge in [-0.15, -0.1) is 0 Å². The monoisotopic (exact) mass is 312 g/mol. The number of nitrogens with zero attached hydrogens (tertiary/aromatic N) is 2. The Morgan fingerprint density at radius 2 is 1.95 bits per heavy atom. The van der Waals surface area contributed by atoms with Gasteiger partial charge in [0.2, 0.25) is 0 Å². The maximum Gasteiger partial charge on any atom is 0.286 e. The minimum Gasteiger partial charge on any atom is -0.618 e. The molecule has 1 aromatic rings. The summed E-state index contributed by atoms with van der Waals surface area (Å²) in [6.45, 7) is 7.41. The van der Waals surface area contributed by atoms with Crippen molar-refractivity contribution in [2.45, 2.75) is 39.2 Å². The number of hydrogen-bond acceptors (Lipinski definition) is 3. The summed E-state index contributed by atoms with van der Waals surface area (Å²) in [5, 5.41) is 11.5. The zero-order valence-corrected chi connectivity index (χ0v) is 13.5. The third-order valence-corrected chi connectivity index (χ3v) is 4.33. The average Bonchev–Trinajstić information content (AvgIpc) is 3.05. The van der Waals surface area contributed by atoms with Crippen molar-refractivity contribution in [1.29, 1.82) is 0 Å². The van der Waals surface area contributed by atoms with Crippen molar-refractivity contribution in [3.05, 3.63) is 34.3 Å². The minimum absolute atomic E-state index is 0.232. The third kappa shape index (κ3) is 5.81. The summed E-state index contributed by atoms with van der Waals surface area (Å²) in [6.07, 6.45) is 6.64. The highest BCUT2D eigenvalue weighted by molar-refractivity contribution is 6.28. The van der Waals surface area contributed by atoms with Crippen LogP contribution in [0.25, 0.3) is 0 Å². The van der Waals surface area contributed by atoms with E-state index in [1.165, 1.54) is 25.7 Å². The fourth-order valence-corrected chi connectivity index (χ4v) is 2.70. The van der Waals surface area contributed by atoms with E-state index in [9.17, 15) is 5.21 Å². The van der Waals surface area contributed by atoms with Crippen LogP contribution in [-0.2, 0) is 11.3 Å². The predicted molar refractivity (Wildman–Crippen MR) is 84.1 cm³/mol. The Labute approximate surface area is 132 Å². The molecule has 0 bridgehead atoms. The molecule has 0 unspecified atom stereocenters. The van der Waals surface area contributed by atoms with Gasteiger partial charge in [0.25, 0.3) is 5.15 Å². The molecule has 0 aliphatic carbocycles. The molecule has 0 amide bonds. The Kier molecular flexibility index (Phi) is 6.74. The zero-order valence-electron chi connectivity index (χ0n) is 12.8. The first kappa shape index (κ1) is 16.5. The minimum atomic E-state index is 0.232. The molecule has 0 N–H and O–H groups in total. The average molecular weight is 313 g/mol. The van der Waals surface area contributed by atoms with Gasteiger partial charge in [-0.1, -0.05) is 6.92 Å². The summed E-state index contributed by atoms with van der Waals surface area (Å²) < 4.78 is 5.67. The number of likely N-dealkylation sites (tertiary alicyclic amines) is 1. The van der Waals surface area contributed by atoms with E-state index >= 15 is 0 Å². The van der Waals surface area contributed by atoms with Gasteiger partial charge < -0.3 is 9.94 Å². The fraction of sp³-hybridized carbons (Fsp3) is 0.688. The molecule has 2 aliphatic heterocycles. The summed E-state index contributed by atoms with van der Waals surface area (Å²) in [7, 11) is 0. The van der Waals surface area contributed by atoms with E-state index in [0.29, 0.717) is 0 Å².